The Bertz CT molecular complexity index is 588. The zero-order valence-electron chi connectivity index (χ0n) is 11.7. The van der Waals surface area contributed by atoms with Gasteiger partial charge in [0.25, 0.3) is 0 Å². The van der Waals surface area contributed by atoms with Gasteiger partial charge in [-0.15, -0.1) is 0 Å². The van der Waals surface area contributed by atoms with Crippen LogP contribution in [0.15, 0.2) is 23.1 Å². The Labute approximate surface area is 119 Å². The summed E-state index contributed by atoms with van der Waals surface area (Å²) in [4.78, 5) is -0.310. The molecule has 0 amide bonds. The number of aliphatic hydroxyl groups is 1. The van der Waals surface area contributed by atoms with E-state index in [1.54, 1.807) is 0 Å². The first-order chi connectivity index (χ1) is 9.36. The molecule has 1 saturated heterocycles. The van der Waals surface area contributed by atoms with Crippen LogP contribution in [0.1, 0.15) is 32.3 Å². The van der Waals surface area contributed by atoms with Crippen LogP contribution in [0.2, 0.25) is 0 Å². The number of nitrogens with zero attached hydrogens (tertiary/aromatic N) is 1. The summed E-state index contributed by atoms with van der Waals surface area (Å²) in [5.74, 6) is -0.525. The van der Waals surface area contributed by atoms with Crippen molar-refractivity contribution in [3.05, 3.63) is 29.6 Å². The molecule has 1 N–H and O–H groups in total. The van der Waals surface area contributed by atoms with E-state index >= 15 is 0 Å². The first-order valence-electron chi connectivity index (χ1n) is 6.77. The summed E-state index contributed by atoms with van der Waals surface area (Å²) in [6.07, 6.45) is 1.77. The first-order valence-corrected chi connectivity index (χ1v) is 8.21. The lowest BCUT2D eigenvalue weighted by atomic mass is 9.97. The minimum atomic E-state index is -3.82. The van der Waals surface area contributed by atoms with E-state index in [1.165, 1.54) is 16.4 Å². The lowest BCUT2D eigenvalue weighted by Crippen LogP contribution is -2.45. The van der Waals surface area contributed by atoms with E-state index in [1.807, 2.05) is 13.8 Å². The largest absolute Gasteiger partial charge is 0.392 e. The standard InChI is InChI=1S/C14H20FNO3S/c1-10-3-4-11(2)16(8-10)20(18,19)14-6-5-12(9-17)7-13(14)15/h5-7,10-11,17H,3-4,8-9H2,1-2H3. The molecule has 20 heavy (non-hydrogen) atoms. The summed E-state index contributed by atoms with van der Waals surface area (Å²) >= 11 is 0. The highest BCUT2D eigenvalue weighted by Gasteiger charge is 2.35. The number of hydrogen-bond acceptors (Lipinski definition) is 3. The fourth-order valence-electron chi connectivity index (χ4n) is 2.56. The highest BCUT2D eigenvalue weighted by Crippen LogP contribution is 2.29. The average Bonchev–Trinajstić information content (AvgIpc) is 2.40. The van der Waals surface area contributed by atoms with Crippen LogP contribution in [0.25, 0.3) is 0 Å². The third-order valence-electron chi connectivity index (χ3n) is 3.83. The molecule has 2 rings (SSSR count). The van der Waals surface area contributed by atoms with Gasteiger partial charge in [-0.2, -0.15) is 4.31 Å². The SMILES string of the molecule is CC1CCC(C)N(S(=O)(=O)c2ccc(CO)cc2F)C1. The summed E-state index contributed by atoms with van der Waals surface area (Å²) in [5, 5.41) is 8.95. The summed E-state index contributed by atoms with van der Waals surface area (Å²) in [7, 11) is -3.82. The van der Waals surface area contributed by atoms with Crippen molar-refractivity contribution in [2.75, 3.05) is 6.54 Å². The second kappa shape index (κ2) is 5.79. The van der Waals surface area contributed by atoms with E-state index in [-0.39, 0.29) is 23.5 Å². The predicted octanol–water partition coefficient (Wildman–Crippen LogP) is 2.13. The van der Waals surface area contributed by atoms with Crippen LogP contribution in [-0.2, 0) is 16.6 Å². The molecule has 0 spiro atoms. The molecule has 112 valence electrons. The normalized spacial score (nSPS) is 24.8. The summed E-state index contributed by atoms with van der Waals surface area (Å²) in [5.41, 5.74) is 0.363. The maximum Gasteiger partial charge on any atom is 0.246 e. The molecule has 2 unspecified atom stereocenters. The molecule has 0 radical (unpaired) electrons. The topological polar surface area (TPSA) is 57.6 Å². The van der Waals surface area contributed by atoms with E-state index < -0.39 is 15.8 Å². The van der Waals surface area contributed by atoms with E-state index in [9.17, 15) is 12.8 Å². The minimum absolute atomic E-state index is 0.117. The smallest absolute Gasteiger partial charge is 0.246 e. The molecule has 0 aromatic heterocycles. The van der Waals surface area contributed by atoms with E-state index in [2.05, 4.69) is 0 Å². The van der Waals surface area contributed by atoms with Crippen LogP contribution in [0.5, 0.6) is 0 Å². The Balaban J connectivity index is 2.39. The van der Waals surface area contributed by atoms with Gasteiger partial charge in [0.2, 0.25) is 10.0 Å². The van der Waals surface area contributed by atoms with E-state index in [4.69, 9.17) is 5.11 Å². The van der Waals surface area contributed by atoms with Gasteiger partial charge in [0, 0.05) is 12.6 Å². The Morgan fingerprint density at radius 3 is 2.65 bits per heavy atom. The number of halogens is 1. The van der Waals surface area contributed by atoms with Crippen LogP contribution in [-0.4, -0.2) is 30.4 Å². The molecule has 1 aromatic rings. The van der Waals surface area contributed by atoms with Gasteiger partial charge in [0.1, 0.15) is 10.7 Å². The van der Waals surface area contributed by atoms with E-state index in [0.717, 1.165) is 18.9 Å². The Morgan fingerprint density at radius 1 is 1.35 bits per heavy atom. The van der Waals surface area contributed by atoms with Crippen molar-refractivity contribution in [2.24, 2.45) is 5.92 Å². The molecule has 1 aliphatic heterocycles. The summed E-state index contributed by atoms with van der Waals surface area (Å²) in [6.45, 7) is 3.96. The summed E-state index contributed by atoms with van der Waals surface area (Å²) in [6, 6.07) is 3.63. The zero-order valence-corrected chi connectivity index (χ0v) is 12.5. The third kappa shape index (κ3) is 2.87. The molecule has 1 heterocycles. The minimum Gasteiger partial charge on any atom is -0.392 e. The quantitative estimate of drug-likeness (QED) is 0.930. The molecular formula is C14H20FNO3S. The lowest BCUT2D eigenvalue weighted by molar-refractivity contribution is 0.217. The third-order valence-corrected chi connectivity index (χ3v) is 5.84. The Hall–Kier alpha value is -0.980. The molecule has 1 aromatic carbocycles. The van der Waals surface area contributed by atoms with Gasteiger partial charge in [-0.3, -0.25) is 0 Å². The van der Waals surface area contributed by atoms with Gasteiger partial charge >= 0.3 is 0 Å². The molecule has 1 aliphatic rings. The number of piperidine rings is 1. The molecule has 6 heteroatoms. The van der Waals surface area contributed by atoms with Crippen molar-refractivity contribution in [1.82, 2.24) is 4.31 Å². The number of rotatable bonds is 3. The Kier molecular flexibility index (Phi) is 4.46. The number of hydrogen-bond donors (Lipinski definition) is 1. The fourth-order valence-corrected chi connectivity index (χ4v) is 4.39. The highest BCUT2D eigenvalue weighted by atomic mass is 32.2. The van der Waals surface area contributed by atoms with Gasteiger partial charge in [-0.05, 0) is 43.4 Å². The van der Waals surface area contributed by atoms with Gasteiger partial charge < -0.3 is 5.11 Å². The van der Waals surface area contributed by atoms with Gasteiger partial charge in [0.05, 0.1) is 6.61 Å². The molecule has 1 fully saturated rings. The second-order valence-corrected chi connectivity index (χ2v) is 7.39. The van der Waals surface area contributed by atoms with Crippen molar-refractivity contribution in [1.29, 1.82) is 0 Å². The number of aliphatic hydroxyl groups excluding tert-OH is 1. The number of benzene rings is 1. The van der Waals surface area contributed by atoms with E-state index in [0.29, 0.717) is 12.1 Å². The lowest BCUT2D eigenvalue weighted by Gasteiger charge is -2.35. The van der Waals surface area contributed by atoms with Crippen LogP contribution in [0.4, 0.5) is 4.39 Å². The predicted molar refractivity (Wildman–Crippen MR) is 74.1 cm³/mol. The maximum atomic E-state index is 14.0. The average molecular weight is 301 g/mol. The van der Waals surface area contributed by atoms with Crippen LogP contribution in [0, 0.1) is 11.7 Å². The maximum absolute atomic E-state index is 14.0. The molecule has 0 saturated carbocycles. The molecule has 0 aliphatic carbocycles. The fraction of sp³-hybridized carbons (Fsp3) is 0.571. The second-order valence-electron chi connectivity index (χ2n) is 5.53. The van der Waals surface area contributed by atoms with Crippen molar-refractivity contribution < 1.29 is 17.9 Å². The van der Waals surface area contributed by atoms with Crippen LogP contribution in [0.3, 0.4) is 0 Å². The molecule has 0 bridgehead atoms. The Morgan fingerprint density at radius 2 is 2.05 bits per heavy atom. The van der Waals surface area contributed by atoms with Gasteiger partial charge in [0.15, 0.2) is 0 Å². The van der Waals surface area contributed by atoms with Crippen LogP contribution < -0.4 is 0 Å². The van der Waals surface area contributed by atoms with Gasteiger partial charge in [-0.25, -0.2) is 12.8 Å². The zero-order chi connectivity index (χ0) is 14.9. The van der Waals surface area contributed by atoms with Crippen molar-refractivity contribution >= 4 is 10.0 Å². The van der Waals surface area contributed by atoms with Crippen LogP contribution >= 0.6 is 0 Å². The van der Waals surface area contributed by atoms with Crippen molar-refractivity contribution in [3.63, 3.8) is 0 Å². The number of sulfonamides is 1. The molecular weight excluding hydrogens is 281 g/mol. The molecule has 2 atom stereocenters. The van der Waals surface area contributed by atoms with Gasteiger partial charge in [-0.1, -0.05) is 13.0 Å². The first kappa shape index (κ1) is 15.4. The molecule has 4 nitrogen and oxygen atoms in total. The summed E-state index contributed by atoms with van der Waals surface area (Å²) < 4.78 is 40.6. The van der Waals surface area contributed by atoms with Crippen molar-refractivity contribution in [3.8, 4) is 0 Å². The monoisotopic (exact) mass is 301 g/mol. The highest BCUT2D eigenvalue weighted by molar-refractivity contribution is 7.89. The van der Waals surface area contributed by atoms with Crippen molar-refractivity contribution in [2.45, 2.75) is 44.2 Å².